The van der Waals surface area contributed by atoms with Crippen molar-refractivity contribution in [3.8, 4) is 10.4 Å². The largest absolute Gasteiger partial charge is 0.444 e. The first-order chi connectivity index (χ1) is 14.4. The fourth-order valence-corrected chi connectivity index (χ4v) is 3.99. The third-order valence-electron chi connectivity index (χ3n) is 4.76. The second-order valence-electron chi connectivity index (χ2n) is 10.2. The van der Waals surface area contributed by atoms with Crippen LogP contribution in [-0.2, 0) is 9.47 Å². The van der Waals surface area contributed by atoms with Crippen molar-refractivity contribution in [1.82, 2.24) is 10.3 Å². The molecule has 0 radical (unpaired) electrons. The van der Waals surface area contributed by atoms with E-state index in [4.69, 9.17) is 9.47 Å². The lowest BCUT2D eigenvalue weighted by molar-refractivity contribution is 0.0437. The molecule has 1 aromatic heterocycles. The molecule has 5 nitrogen and oxygen atoms in total. The number of thiazole rings is 1. The van der Waals surface area contributed by atoms with Crippen molar-refractivity contribution in [2.24, 2.45) is 5.41 Å². The molecule has 1 atom stereocenters. The summed E-state index contributed by atoms with van der Waals surface area (Å²) < 4.78 is 11.4. The summed E-state index contributed by atoms with van der Waals surface area (Å²) in [5.41, 5.74) is 4.81. The van der Waals surface area contributed by atoms with E-state index in [1.165, 1.54) is 11.3 Å². The van der Waals surface area contributed by atoms with E-state index in [1.54, 1.807) is 11.3 Å². The van der Waals surface area contributed by atoms with Gasteiger partial charge < -0.3 is 14.8 Å². The molecule has 172 valence electrons. The van der Waals surface area contributed by atoms with Gasteiger partial charge in [-0.3, -0.25) is 0 Å². The van der Waals surface area contributed by atoms with Crippen molar-refractivity contribution >= 4 is 17.4 Å². The SMILES string of the molecule is Cc1ncsc1-c1ccc([C@H](COCCCCC(C)(C)C)NC(=O)OC(C)(C)C)cc1. The van der Waals surface area contributed by atoms with E-state index >= 15 is 0 Å². The van der Waals surface area contributed by atoms with Crippen molar-refractivity contribution in [2.45, 2.75) is 79.4 Å². The van der Waals surface area contributed by atoms with Gasteiger partial charge in [0, 0.05) is 6.61 Å². The van der Waals surface area contributed by atoms with Crippen LogP contribution in [-0.4, -0.2) is 29.9 Å². The van der Waals surface area contributed by atoms with Gasteiger partial charge in [-0.25, -0.2) is 9.78 Å². The van der Waals surface area contributed by atoms with Crippen LogP contribution in [0.2, 0.25) is 0 Å². The van der Waals surface area contributed by atoms with Gasteiger partial charge in [0.05, 0.1) is 28.7 Å². The molecule has 0 fully saturated rings. The summed E-state index contributed by atoms with van der Waals surface area (Å²) in [7, 11) is 0. The van der Waals surface area contributed by atoms with Crippen LogP contribution in [0, 0.1) is 12.3 Å². The second kappa shape index (κ2) is 11.1. The van der Waals surface area contributed by atoms with Crippen molar-refractivity contribution in [3.63, 3.8) is 0 Å². The Bertz CT molecular complexity index is 817. The Morgan fingerprint density at radius 3 is 2.32 bits per heavy atom. The summed E-state index contributed by atoms with van der Waals surface area (Å²) in [5.74, 6) is 0. The minimum absolute atomic E-state index is 0.269. The summed E-state index contributed by atoms with van der Waals surface area (Å²) in [4.78, 5) is 17.9. The Hall–Kier alpha value is -1.92. The Labute approximate surface area is 191 Å². The molecule has 2 rings (SSSR count). The molecule has 1 heterocycles. The summed E-state index contributed by atoms with van der Waals surface area (Å²) >= 11 is 1.63. The average molecular weight is 447 g/mol. The highest BCUT2D eigenvalue weighted by atomic mass is 32.1. The molecule has 0 saturated heterocycles. The Morgan fingerprint density at radius 2 is 1.77 bits per heavy atom. The highest BCUT2D eigenvalue weighted by Crippen LogP contribution is 2.28. The van der Waals surface area contributed by atoms with E-state index in [-0.39, 0.29) is 6.04 Å². The first kappa shape index (κ1) is 25.3. The van der Waals surface area contributed by atoms with Crippen LogP contribution in [0.15, 0.2) is 29.8 Å². The maximum absolute atomic E-state index is 12.4. The molecule has 6 heteroatoms. The number of aromatic nitrogens is 1. The number of hydrogen-bond acceptors (Lipinski definition) is 5. The normalized spacial score (nSPS) is 13.1. The molecule has 0 aliphatic rings. The van der Waals surface area contributed by atoms with Gasteiger partial charge in [-0.15, -0.1) is 11.3 Å². The predicted molar refractivity (Wildman–Crippen MR) is 129 cm³/mol. The van der Waals surface area contributed by atoms with Crippen molar-refractivity contribution in [1.29, 1.82) is 0 Å². The Morgan fingerprint density at radius 1 is 1.10 bits per heavy atom. The van der Waals surface area contributed by atoms with Crippen LogP contribution >= 0.6 is 11.3 Å². The highest BCUT2D eigenvalue weighted by Gasteiger charge is 2.21. The van der Waals surface area contributed by atoms with Gasteiger partial charge >= 0.3 is 6.09 Å². The smallest absolute Gasteiger partial charge is 0.408 e. The average Bonchev–Trinajstić information content (AvgIpc) is 3.07. The minimum Gasteiger partial charge on any atom is -0.444 e. The maximum atomic E-state index is 12.4. The lowest BCUT2D eigenvalue weighted by Gasteiger charge is -2.24. The molecule has 0 spiro atoms. The zero-order valence-electron chi connectivity index (χ0n) is 20.1. The van der Waals surface area contributed by atoms with E-state index in [9.17, 15) is 4.79 Å². The third-order valence-corrected chi connectivity index (χ3v) is 5.74. The summed E-state index contributed by atoms with van der Waals surface area (Å²) in [6, 6.07) is 7.96. The maximum Gasteiger partial charge on any atom is 0.408 e. The number of rotatable bonds is 9. The number of aryl methyl sites for hydroxylation is 1. The molecule has 1 N–H and O–H groups in total. The molecule has 0 saturated carbocycles. The van der Waals surface area contributed by atoms with Crippen LogP contribution < -0.4 is 5.32 Å². The minimum atomic E-state index is -0.546. The fourth-order valence-electron chi connectivity index (χ4n) is 3.18. The fraction of sp³-hybridized carbons (Fsp3) is 0.600. The molecule has 0 bridgehead atoms. The molecule has 2 aromatic rings. The van der Waals surface area contributed by atoms with Gasteiger partial charge in [-0.05, 0) is 57.1 Å². The predicted octanol–water partition coefficient (Wildman–Crippen LogP) is 6.92. The van der Waals surface area contributed by atoms with Crippen molar-refractivity contribution in [3.05, 3.63) is 41.0 Å². The number of amides is 1. The summed E-state index contributed by atoms with van der Waals surface area (Å²) in [6.07, 6.45) is 2.89. The molecule has 0 aliphatic carbocycles. The van der Waals surface area contributed by atoms with Crippen LogP contribution in [0.5, 0.6) is 0 Å². The first-order valence-electron chi connectivity index (χ1n) is 11.0. The van der Waals surface area contributed by atoms with Gasteiger partial charge in [0.2, 0.25) is 0 Å². The standard InChI is InChI=1S/C25H38N2O3S/c1-18-22(31-17-26-18)20-12-10-19(11-13-20)21(27-23(28)30-25(5,6)7)16-29-15-9-8-14-24(2,3)4/h10-13,17,21H,8-9,14-16H2,1-7H3,(H,27,28)/t21-/m0/s1. The lowest BCUT2D eigenvalue weighted by Crippen LogP contribution is -2.36. The van der Waals surface area contributed by atoms with E-state index in [2.05, 4.69) is 43.2 Å². The number of unbranched alkanes of at least 4 members (excludes halogenated alkanes) is 1. The topological polar surface area (TPSA) is 60.5 Å². The molecule has 0 unspecified atom stereocenters. The number of hydrogen-bond donors (Lipinski definition) is 1. The van der Waals surface area contributed by atoms with E-state index in [0.29, 0.717) is 18.6 Å². The van der Waals surface area contributed by atoms with Crippen LogP contribution in [0.1, 0.15) is 78.1 Å². The number of alkyl carbamates (subject to hydrolysis) is 1. The number of benzene rings is 1. The summed E-state index contributed by atoms with van der Waals surface area (Å²) in [5, 5.41) is 2.97. The first-order valence-corrected chi connectivity index (χ1v) is 11.9. The Balaban J connectivity index is 2.01. The quantitative estimate of drug-likeness (QED) is 0.425. The zero-order valence-corrected chi connectivity index (χ0v) is 20.9. The van der Waals surface area contributed by atoms with Crippen LogP contribution in [0.25, 0.3) is 10.4 Å². The van der Waals surface area contributed by atoms with Gasteiger partial charge in [0.25, 0.3) is 0 Å². The monoisotopic (exact) mass is 446 g/mol. The number of carbonyl (C=O) groups is 1. The number of nitrogens with one attached hydrogen (secondary N) is 1. The van der Waals surface area contributed by atoms with Gasteiger partial charge in [0.15, 0.2) is 0 Å². The lowest BCUT2D eigenvalue weighted by atomic mass is 9.90. The number of carbonyl (C=O) groups excluding carboxylic acids is 1. The van der Waals surface area contributed by atoms with Crippen LogP contribution in [0.4, 0.5) is 4.79 Å². The van der Waals surface area contributed by atoms with Crippen LogP contribution in [0.3, 0.4) is 0 Å². The molecule has 0 aliphatic heterocycles. The number of nitrogens with zero attached hydrogens (tertiary/aromatic N) is 1. The van der Waals surface area contributed by atoms with Crippen molar-refractivity contribution in [2.75, 3.05) is 13.2 Å². The van der Waals surface area contributed by atoms with Crippen molar-refractivity contribution < 1.29 is 14.3 Å². The molecular weight excluding hydrogens is 408 g/mol. The molecule has 31 heavy (non-hydrogen) atoms. The molecule has 1 aromatic carbocycles. The highest BCUT2D eigenvalue weighted by molar-refractivity contribution is 7.13. The van der Waals surface area contributed by atoms with E-state index in [0.717, 1.165) is 29.7 Å². The van der Waals surface area contributed by atoms with Gasteiger partial charge in [0.1, 0.15) is 5.60 Å². The third kappa shape index (κ3) is 9.40. The Kier molecular flexibility index (Phi) is 9.07. The van der Waals surface area contributed by atoms with Gasteiger partial charge in [-0.1, -0.05) is 51.5 Å². The molecular formula is C25H38N2O3S. The van der Waals surface area contributed by atoms with Gasteiger partial charge in [-0.2, -0.15) is 0 Å². The van der Waals surface area contributed by atoms with E-state index in [1.807, 2.05) is 45.3 Å². The number of ether oxygens (including phenoxy) is 2. The summed E-state index contributed by atoms with van der Waals surface area (Å²) in [6.45, 7) is 15.5. The molecule has 1 amide bonds. The zero-order chi connectivity index (χ0) is 23.1. The second-order valence-corrected chi connectivity index (χ2v) is 11.0. The van der Waals surface area contributed by atoms with E-state index < -0.39 is 11.7 Å².